The molecular weight excluding hydrogens is 322 g/mol. The summed E-state index contributed by atoms with van der Waals surface area (Å²) in [5.41, 5.74) is 0.972. The Morgan fingerprint density at radius 1 is 1.28 bits per heavy atom. The molecule has 0 spiro atoms. The standard InChI is InChI=1S/C18H27N3O4/c1-12(2)20-17(22)10-16-18(23)19-5-6-21(16)11-13-7-14(24-3)9-15(8-13)25-4/h7-9,12,16H,5-6,10-11H2,1-4H3,(H,19,23)(H,20,22)/t16-/m0/s1. The van der Waals surface area contributed by atoms with Crippen molar-refractivity contribution in [3.8, 4) is 11.5 Å². The van der Waals surface area contributed by atoms with Crippen molar-refractivity contribution < 1.29 is 19.1 Å². The van der Waals surface area contributed by atoms with Crippen molar-refractivity contribution in [3.63, 3.8) is 0 Å². The van der Waals surface area contributed by atoms with Gasteiger partial charge in [-0.3, -0.25) is 14.5 Å². The number of carbonyl (C=O) groups is 2. The Bertz CT molecular complexity index is 596. The van der Waals surface area contributed by atoms with E-state index in [9.17, 15) is 9.59 Å². The lowest BCUT2D eigenvalue weighted by molar-refractivity contribution is -0.134. The van der Waals surface area contributed by atoms with Crippen LogP contribution in [0.3, 0.4) is 0 Å². The number of nitrogens with zero attached hydrogens (tertiary/aromatic N) is 1. The van der Waals surface area contributed by atoms with Gasteiger partial charge in [0, 0.05) is 31.7 Å². The monoisotopic (exact) mass is 349 g/mol. The zero-order valence-electron chi connectivity index (χ0n) is 15.3. The molecule has 0 aliphatic carbocycles. The number of nitrogens with one attached hydrogen (secondary N) is 2. The Hall–Kier alpha value is -2.28. The third-order valence-electron chi connectivity index (χ3n) is 4.07. The van der Waals surface area contributed by atoms with Crippen molar-refractivity contribution in [2.75, 3.05) is 27.3 Å². The molecule has 1 aliphatic heterocycles. The molecule has 25 heavy (non-hydrogen) atoms. The smallest absolute Gasteiger partial charge is 0.237 e. The largest absolute Gasteiger partial charge is 0.497 e. The Kier molecular flexibility index (Phi) is 6.64. The molecule has 1 fully saturated rings. The van der Waals surface area contributed by atoms with E-state index >= 15 is 0 Å². The van der Waals surface area contributed by atoms with Crippen molar-refractivity contribution in [3.05, 3.63) is 23.8 Å². The van der Waals surface area contributed by atoms with Crippen molar-refractivity contribution in [2.24, 2.45) is 0 Å². The van der Waals surface area contributed by atoms with Crippen LogP contribution in [0.1, 0.15) is 25.8 Å². The van der Waals surface area contributed by atoms with E-state index in [1.54, 1.807) is 20.3 Å². The first-order valence-electron chi connectivity index (χ1n) is 8.46. The Balaban J connectivity index is 2.14. The predicted molar refractivity (Wildman–Crippen MR) is 94.6 cm³/mol. The van der Waals surface area contributed by atoms with Gasteiger partial charge in [0.2, 0.25) is 11.8 Å². The third-order valence-corrected chi connectivity index (χ3v) is 4.07. The van der Waals surface area contributed by atoms with Crippen molar-refractivity contribution in [2.45, 2.75) is 38.9 Å². The summed E-state index contributed by atoms with van der Waals surface area (Å²) in [5.74, 6) is 1.17. The molecule has 1 saturated heterocycles. The van der Waals surface area contributed by atoms with Gasteiger partial charge in [-0.15, -0.1) is 0 Å². The number of amides is 2. The molecule has 138 valence electrons. The molecule has 0 radical (unpaired) electrons. The van der Waals surface area contributed by atoms with Crippen LogP contribution in [-0.4, -0.2) is 56.1 Å². The molecule has 2 amide bonds. The second-order valence-corrected chi connectivity index (χ2v) is 6.42. The van der Waals surface area contributed by atoms with E-state index in [0.29, 0.717) is 31.1 Å². The maximum absolute atomic E-state index is 12.3. The van der Waals surface area contributed by atoms with E-state index in [2.05, 4.69) is 10.6 Å². The number of hydrogen-bond acceptors (Lipinski definition) is 5. The SMILES string of the molecule is COc1cc(CN2CCNC(=O)[C@@H]2CC(=O)NC(C)C)cc(OC)c1. The number of ether oxygens (including phenoxy) is 2. The van der Waals surface area contributed by atoms with Gasteiger partial charge < -0.3 is 20.1 Å². The lowest BCUT2D eigenvalue weighted by Gasteiger charge is -2.35. The van der Waals surface area contributed by atoms with Gasteiger partial charge in [-0.2, -0.15) is 0 Å². The number of benzene rings is 1. The van der Waals surface area contributed by atoms with Crippen LogP contribution in [0, 0.1) is 0 Å². The fourth-order valence-electron chi connectivity index (χ4n) is 2.92. The van der Waals surface area contributed by atoms with E-state index in [0.717, 1.165) is 5.56 Å². The van der Waals surface area contributed by atoms with Crippen LogP contribution in [-0.2, 0) is 16.1 Å². The highest BCUT2D eigenvalue weighted by molar-refractivity contribution is 5.88. The minimum absolute atomic E-state index is 0.0512. The van der Waals surface area contributed by atoms with Crippen molar-refractivity contribution in [1.29, 1.82) is 0 Å². The highest BCUT2D eigenvalue weighted by Crippen LogP contribution is 2.24. The minimum Gasteiger partial charge on any atom is -0.497 e. The molecule has 2 rings (SSSR count). The molecule has 7 heteroatoms. The summed E-state index contributed by atoms with van der Waals surface area (Å²) in [6.07, 6.45) is 0.144. The molecule has 0 bridgehead atoms. The molecule has 1 heterocycles. The maximum atomic E-state index is 12.3. The number of rotatable bonds is 7. The van der Waals surface area contributed by atoms with E-state index in [1.807, 2.05) is 30.9 Å². The van der Waals surface area contributed by atoms with E-state index in [1.165, 1.54) is 0 Å². The Morgan fingerprint density at radius 3 is 2.48 bits per heavy atom. The molecule has 1 aromatic carbocycles. The molecule has 7 nitrogen and oxygen atoms in total. The van der Waals surface area contributed by atoms with Crippen LogP contribution in [0.15, 0.2) is 18.2 Å². The molecule has 0 aromatic heterocycles. The molecule has 2 N–H and O–H groups in total. The summed E-state index contributed by atoms with van der Waals surface area (Å²) >= 11 is 0. The maximum Gasteiger partial charge on any atom is 0.237 e. The quantitative estimate of drug-likeness (QED) is 0.765. The summed E-state index contributed by atoms with van der Waals surface area (Å²) in [6.45, 7) is 5.60. The highest BCUT2D eigenvalue weighted by Gasteiger charge is 2.31. The first-order valence-corrected chi connectivity index (χ1v) is 8.46. The number of piperazine rings is 1. The van der Waals surface area contributed by atoms with Crippen molar-refractivity contribution in [1.82, 2.24) is 15.5 Å². The Morgan fingerprint density at radius 2 is 1.92 bits per heavy atom. The predicted octanol–water partition coefficient (Wildman–Crippen LogP) is 0.919. The topological polar surface area (TPSA) is 79.9 Å². The van der Waals surface area contributed by atoms with Gasteiger partial charge in [0.25, 0.3) is 0 Å². The average Bonchev–Trinajstić information content (AvgIpc) is 2.57. The summed E-state index contributed by atoms with van der Waals surface area (Å²) in [5, 5.41) is 5.69. The first kappa shape index (κ1) is 19.1. The van der Waals surface area contributed by atoms with E-state index in [4.69, 9.17) is 9.47 Å². The van der Waals surface area contributed by atoms with Crippen molar-refractivity contribution >= 4 is 11.8 Å². The fraction of sp³-hybridized carbons (Fsp3) is 0.556. The molecule has 1 aliphatic rings. The van der Waals surface area contributed by atoms with Crippen LogP contribution in [0.2, 0.25) is 0 Å². The van der Waals surface area contributed by atoms with Gasteiger partial charge in [-0.05, 0) is 31.5 Å². The lowest BCUT2D eigenvalue weighted by atomic mass is 10.1. The molecule has 0 unspecified atom stereocenters. The van der Waals surface area contributed by atoms with Crippen LogP contribution in [0.25, 0.3) is 0 Å². The summed E-state index contributed by atoms with van der Waals surface area (Å²) in [4.78, 5) is 26.4. The number of carbonyl (C=O) groups excluding carboxylic acids is 2. The van der Waals surface area contributed by atoms with Gasteiger partial charge >= 0.3 is 0 Å². The first-order chi connectivity index (χ1) is 11.9. The van der Waals surface area contributed by atoms with Gasteiger partial charge in [0.1, 0.15) is 11.5 Å². The summed E-state index contributed by atoms with van der Waals surface area (Å²) in [6, 6.07) is 5.21. The third kappa shape index (κ3) is 5.35. The second kappa shape index (κ2) is 8.71. The summed E-state index contributed by atoms with van der Waals surface area (Å²) < 4.78 is 10.6. The highest BCUT2D eigenvalue weighted by atomic mass is 16.5. The van der Waals surface area contributed by atoms with Gasteiger partial charge in [0.15, 0.2) is 0 Å². The lowest BCUT2D eigenvalue weighted by Crippen LogP contribution is -2.56. The molecule has 0 saturated carbocycles. The summed E-state index contributed by atoms with van der Waals surface area (Å²) in [7, 11) is 3.21. The van der Waals surface area contributed by atoms with Crippen LogP contribution in [0.5, 0.6) is 11.5 Å². The number of hydrogen-bond donors (Lipinski definition) is 2. The number of methoxy groups -OCH3 is 2. The minimum atomic E-state index is -0.482. The zero-order valence-corrected chi connectivity index (χ0v) is 15.3. The van der Waals surface area contributed by atoms with Crippen LogP contribution < -0.4 is 20.1 Å². The van der Waals surface area contributed by atoms with Gasteiger partial charge in [-0.25, -0.2) is 0 Å². The normalized spacial score (nSPS) is 18.0. The second-order valence-electron chi connectivity index (χ2n) is 6.42. The van der Waals surface area contributed by atoms with Crippen LogP contribution >= 0.6 is 0 Å². The van der Waals surface area contributed by atoms with Gasteiger partial charge in [0.05, 0.1) is 26.7 Å². The Labute approximate surface area is 148 Å². The van der Waals surface area contributed by atoms with Gasteiger partial charge in [-0.1, -0.05) is 0 Å². The molecule has 1 atom stereocenters. The molecule has 1 aromatic rings. The average molecular weight is 349 g/mol. The fourth-order valence-corrected chi connectivity index (χ4v) is 2.92. The van der Waals surface area contributed by atoms with Crippen LogP contribution in [0.4, 0.5) is 0 Å². The van der Waals surface area contributed by atoms with E-state index < -0.39 is 6.04 Å². The zero-order chi connectivity index (χ0) is 18.4. The van der Waals surface area contributed by atoms with E-state index in [-0.39, 0.29) is 24.3 Å². The molecular formula is C18H27N3O4.